The molecule has 0 radical (unpaired) electrons. The topological polar surface area (TPSA) is 20.3 Å². The number of carbonyl (C=O) groups is 1. The molecule has 3 rings (SSSR count). The van der Waals surface area contributed by atoms with E-state index in [-0.39, 0.29) is 5.78 Å². The smallest absolute Gasteiger partial charge is 0.185 e. The Bertz CT molecular complexity index is 814. The Labute approximate surface area is 158 Å². The van der Waals surface area contributed by atoms with Gasteiger partial charge in [0.05, 0.1) is 0 Å². The van der Waals surface area contributed by atoms with Crippen LogP contribution in [0.5, 0.6) is 0 Å². The first-order valence-corrected chi connectivity index (χ1v) is 9.31. The summed E-state index contributed by atoms with van der Waals surface area (Å²) in [4.78, 5) is 14.9. The largest absolute Gasteiger partial charge is 0.378 e. The maximum Gasteiger partial charge on any atom is 0.185 e. The Morgan fingerprint density at radius 1 is 0.840 bits per heavy atom. The number of benzene rings is 2. The molecule has 0 N–H and O–H groups in total. The van der Waals surface area contributed by atoms with Gasteiger partial charge in [0.1, 0.15) is 0 Å². The summed E-state index contributed by atoms with van der Waals surface area (Å²) >= 11 is 3.44. The lowest BCUT2D eigenvalue weighted by Crippen LogP contribution is -2.12. The highest BCUT2D eigenvalue weighted by Gasteiger charge is 2.20. The van der Waals surface area contributed by atoms with Gasteiger partial charge in [0, 0.05) is 35.4 Å². The molecule has 2 aromatic carbocycles. The van der Waals surface area contributed by atoms with E-state index < -0.39 is 0 Å². The summed E-state index contributed by atoms with van der Waals surface area (Å²) in [7, 11) is 4.05. The number of hydrogen-bond donors (Lipinski definition) is 0. The van der Waals surface area contributed by atoms with E-state index in [4.69, 9.17) is 0 Å². The first-order valence-electron chi connectivity index (χ1n) is 8.52. The van der Waals surface area contributed by atoms with Gasteiger partial charge in [-0.05, 0) is 66.8 Å². The van der Waals surface area contributed by atoms with E-state index in [1.54, 1.807) is 0 Å². The molecule has 0 aliphatic heterocycles. The fraction of sp³-hybridized carbons (Fsp3) is 0.227. The van der Waals surface area contributed by atoms with Gasteiger partial charge >= 0.3 is 0 Å². The normalized spacial score (nSPS) is 18.0. The molecule has 0 bridgehead atoms. The highest BCUT2D eigenvalue weighted by Crippen LogP contribution is 2.28. The summed E-state index contributed by atoms with van der Waals surface area (Å²) in [6.45, 7) is 0. The molecule has 3 heteroatoms. The second-order valence-corrected chi connectivity index (χ2v) is 7.48. The number of halogens is 1. The minimum Gasteiger partial charge on any atom is -0.378 e. The van der Waals surface area contributed by atoms with Gasteiger partial charge in [0.15, 0.2) is 5.78 Å². The van der Waals surface area contributed by atoms with Crippen LogP contribution in [0.2, 0.25) is 0 Å². The van der Waals surface area contributed by atoms with Gasteiger partial charge < -0.3 is 4.90 Å². The Balaban J connectivity index is 1.82. The predicted octanol–water partition coefficient (Wildman–Crippen LogP) is 5.74. The zero-order chi connectivity index (χ0) is 17.8. The van der Waals surface area contributed by atoms with Gasteiger partial charge in [0.2, 0.25) is 0 Å². The first kappa shape index (κ1) is 17.7. The summed E-state index contributed by atoms with van der Waals surface area (Å²) < 4.78 is 1.05. The fourth-order valence-corrected chi connectivity index (χ4v) is 3.27. The molecule has 2 aromatic rings. The van der Waals surface area contributed by atoms with E-state index in [9.17, 15) is 4.79 Å². The second kappa shape index (κ2) is 7.83. The van der Waals surface area contributed by atoms with Crippen LogP contribution in [-0.4, -0.2) is 19.9 Å². The Hall–Kier alpha value is -2.13. The van der Waals surface area contributed by atoms with Crippen molar-refractivity contribution in [1.29, 1.82) is 0 Å². The van der Waals surface area contributed by atoms with Crippen molar-refractivity contribution in [3.8, 4) is 0 Å². The van der Waals surface area contributed by atoms with Crippen LogP contribution in [0.15, 0.2) is 64.1 Å². The maximum atomic E-state index is 12.8. The third kappa shape index (κ3) is 4.49. The van der Waals surface area contributed by atoms with Crippen molar-refractivity contribution < 1.29 is 4.79 Å². The SMILES string of the molecule is CN(C)c1ccc(C=C2CCCC(=Cc3ccc(Br)cc3)C2=O)cc1. The van der Waals surface area contributed by atoms with Gasteiger partial charge in [-0.2, -0.15) is 0 Å². The zero-order valence-corrected chi connectivity index (χ0v) is 16.2. The number of carbonyl (C=O) groups excluding carboxylic acids is 1. The number of anilines is 1. The van der Waals surface area contributed by atoms with E-state index in [0.717, 1.165) is 51.7 Å². The van der Waals surface area contributed by atoms with Crippen LogP contribution in [0.3, 0.4) is 0 Å². The number of rotatable bonds is 3. The van der Waals surface area contributed by atoms with Crippen LogP contribution in [0.25, 0.3) is 12.2 Å². The van der Waals surface area contributed by atoms with Crippen molar-refractivity contribution in [1.82, 2.24) is 0 Å². The lowest BCUT2D eigenvalue weighted by molar-refractivity contribution is -0.112. The highest BCUT2D eigenvalue weighted by atomic mass is 79.9. The van der Waals surface area contributed by atoms with Gasteiger partial charge in [-0.1, -0.05) is 40.2 Å². The molecule has 0 spiro atoms. The van der Waals surface area contributed by atoms with Crippen molar-refractivity contribution in [3.63, 3.8) is 0 Å². The summed E-state index contributed by atoms with van der Waals surface area (Å²) in [5, 5.41) is 0. The molecule has 0 amide bonds. The van der Waals surface area contributed by atoms with Crippen molar-refractivity contribution >= 4 is 39.6 Å². The van der Waals surface area contributed by atoms with Crippen LogP contribution >= 0.6 is 15.9 Å². The van der Waals surface area contributed by atoms with Crippen LogP contribution in [0.1, 0.15) is 30.4 Å². The quantitative estimate of drug-likeness (QED) is 0.617. The number of allylic oxidation sites excluding steroid dienone is 2. The molecule has 0 atom stereocenters. The standard InChI is InChI=1S/C22H22BrNO/c1-24(2)21-12-8-17(9-13-21)15-19-5-3-4-18(22(19)25)14-16-6-10-20(23)11-7-16/h6-15H,3-5H2,1-2H3. The van der Waals surface area contributed by atoms with Gasteiger partial charge in [-0.3, -0.25) is 4.79 Å². The predicted molar refractivity (Wildman–Crippen MR) is 110 cm³/mol. The lowest BCUT2D eigenvalue weighted by Gasteiger charge is -2.17. The zero-order valence-electron chi connectivity index (χ0n) is 14.6. The van der Waals surface area contributed by atoms with Crippen molar-refractivity contribution in [2.24, 2.45) is 0 Å². The van der Waals surface area contributed by atoms with Crippen LogP contribution in [-0.2, 0) is 4.79 Å². The minimum atomic E-state index is 0.186. The molecule has 128 valence electrons. The molecule has 1 aliphatic rings. The maximum absolute atomic E-state index is 12.8. The molecule has 1 fully saturated rings. The second-order valence-electron chi connectivity index (χ2n) is 6.56. The molecule has 25 heavy (non-hydrogen) atoms. The molecule has 0 saturated heterocycles. The van der Waals surface area contributed by atoms with Crippen LogP contribution in [0, 0.1) is 0 Å². The van der Waals surface area contributed by atoms with Crippen molar-refractivity contribution in [3.05, 3.63) is 75.3 Å². The molecule has 1 aliphatic carbocycles. The Morgan fingerprint density at radius 3 is 1.80 bits per heavy atom. The molecule has 1 saturated carbocycles. The number of hydrogen-bond acceptors (Lipinski definition) is 2. The van der Waals surface area contributed by atoms with Crippen molar-refractivity contribution in [2.75, 3.05) is 19.0 Å². The summed E-state index contributed by atoms with van der Waals surface area (Å²) in [5.41, 5.74) is 5.13. The Morgan fingerprint density at radius 2 is 1.32 bits per heavy atom. The monoisotopic (exact) mass is 395 g/mol. The van der Waals surface area contributed by atoms with E-state index in [2.05, 4.69) is 45.1 Å². The van der Waals surface area contributed by atoms with E-state index in [1.165, 1.54) is 0 Å². The number of nitrogens with zero attached hydrogens (tertiary/aromatic N) is 1. The van der Waals surface area contributed by atoms with Gasteiger partial charge in [-0.25, -0.2) is 0 Å². The van der Waals surface area contributed by atoms with E-state index in [0.29, 0.717) is 0 Å². The Kier molecular flexibility index (Phi) is 5.54. The van der Waals surface area contributed by atoms with E-state index in [1.807, 2.05) is 50.5 Å². The van der Waals surface area contributed by atoms with Crippen LogP contribution < -0.4 is 4.90 Å². The summed E-state index contributed by atoms with van der Waals surface area (Å²) in [6.07, 6.45) is 6.79. The molecular formula is C22H22BrNO. The third-order valence-electron chi connectivity index (χ3n) is 4.44. The molecule has 0 heterocycles. The average molecular weight is 396 g/mol. The average Bonchev–Trinajstić information content (AvgIpc) is 2.61. The van der Waals surface area contributed by atoms with Gasteiger partial charge in [0.25, 0.3) is 0 Å². The van der Waals surface area contributed by atoms with Crippen molar-refractivity contribution in [2.45, 2.75) is 19.3 Å². The first-order chi connectivity index (χ1) is 12.0. The van der Waals surface area contributed by atoms with Gasteiger partial charge in [-0.15, -0.1) is 0 Å². The van der Waals surface area contributed by atoms with E-state index >= 15 is 0 Å². The summed E-state index contributed by atoms with van der Waals surface area (Å²) in [5.74, 6) is 0.186. The molecular weight excluding hydrogens is 374 g/mol. The van der Waals surface area contributed by atoms with Crippen LogP contribution in [0.4, 0.5) is 5.69 Å². The fourth-order valence-electron chi connectivity index (χ4n) is 3.01. The molecule has 2 nitrogen and oxygen atoms in total. The molecule has 0 aromatic heterocycles. The summed E-state index contributed by atoms with van der Waals surface area (Å²) in [6, 6.07) is 16.4. The third-order valence-corrected chi connectivity index (χ3v) is 4.97. The minimum absolute atomic E-state index is 0.186. The molecule has 0 unspecified atom stereocenters. The highest BCUT2D eigenvalue weighted by molar-refractivity contribution is 9.10. The lowest BCUT2D eigenvalue weighted by atomic mass is 9.87. The number of Topliss-reactive ketones (excluding diaryl/α,β-unsaturated/α-hetero) is 1. The number of ketones is 1.